The van der Waals surface area contributed by atoms with Gasteiger partial charge in [0.1, 0.15) is 6.61 Å². The molecule has 6 nitrogen and oxygen atoms in total. The Kier molecular flexibility index (Phi) is 7.06. The number of nitrogens with one attached hydrogen (secondary N) is 1. The molecule has 33 heavy (non-hydrogen) atoms. The van der Waals surface area contributed by atoms with E-state index in [0.29, 0.717) is 5.56 Å². The van der Waals surface area contributed by atoms with Crippen molar-refractivity contribution < 1.29 is 19.1 Å². The SMILES string of the molecule is C=CC1=Nc2ccc([C@@](C)(NC(=O)OCc3ccccc3)C(=O)OC(C)C)cc2C(C)(C)C1. The topological polar surface area (TPSA) is 77.0 Å². The average Bonchev–Trinajstić information content (AvgIpc) is 2.77. The lowest BCUT2D eigenvalue weighted by molar-refractivity contribution is -0.155. The van der Waals surface area contributed by atoms with Crippen LogP contribution in [0.25, 0.3) is 0 Å². The number of aliphatic imine (C=N–C) groups is 1. The monoisotopic (exact) mass is 448 g/mol. The molecule has 0 radical (unpaired) electrons. The Labute approximate surface area is 195 Å². The first-order chi connectivity index (χ1) is 15.5. The Balaban J connectivity index is 1.93. The molecule has 1 heterocycles. The minimum atomic E-state index is -1.44. The normalized spacial score (nSPS) is 16.1. The van der Waals surface area contributed by atoms with Gasteiger partial charge in [-0.3, -0.25) is 4.99 Å². The van der Waals surface area contributed by atoms with Crippen LogP contribution in [0.4, 0.5) is 10.5 Å². The van der Waals surface area contributed by atoms with Gasteiger partial charge in [0.15, 0.2) is 5.54 Å². The van der Waals surface area contributed by atoms with Crippen LogP contribution < -0.4 is 5.32 Å². The van der Waals surface area contributed by atoms with E-state index in [4.69, 9.17) is 9.47 Å². The molecule has 0 aromatic heterocycles. The molecule has 1 atom stereocenters. The van der Waals surface area contributed by atoms with E-state index in [0.717, 1.165) is 28.9 Å². The molecule has 3 rings (SSSR count). The van der Waals surface area contributed by atoms with Gasteiger partial charge < -0.3 is 14.8 Å². The van der Waals surface area contributed by atoms with Crippen LogP contribution in [0.3, 0.4) is 0 Å². The second-order valence-electron chi connectivity index (χ2n) is 9.37. The fourth-order valence-electron chi connectivity index (χ4n) is 3.88. The van der Waals surface area contributed by atoms with Crippen molar-refractivity contribution in [3.05, 3.63) is 77.9 Å². The third-order valence-corrected chi connectivity index (χ3v) is 5.74. The summed E-state index contributed by atoms with van der Waals surface area (Å²) in [6.07, 6.45) is 1.46. The molecule has 0 saturated heterocycles. The van der Waals surface area contributed by atoms with Crippen molar-refractivity contribution in [3.8, 4) is 0 Å². The summed E-state index contributed by atoms with van der Waals surface area (Å²) in [5, 5.41) is 2.75. The van der Waals surface area contributed by atoms with Crippen molar-refractivity contribution in [3.63, 3.8) is 0 Å². The number of amides is 1. The first-order valence-corrected chi connectivity index (χ1v) is 11.1. The molecule has 174 valence electrons. The molecule has 1 aliphatic heterocycles. The Morgan fingerprint density at radius 2 is 1.91 bits per heavy atom. The Hall–Kier alpha value is -3.41. The van der Waals surface area contributed by atoms with Crippen molar-refractivity contribution in [2.45, 2.75) is 64.7 Å². The molecule has 0 fully saturated rings. The standard InChI is InChI=1S/C27H32N2O4/c1-7-21-16-26(4,5)22-15-20(13-14-23(22)28-21)27(6,24(30)33-18(2)3)29-25(31)32-17-19-11-9-8-10-12-19/h7-15,18H,1,16-17H2,2-6H3,(H,29,31)/t27-/m1/s1. The van der Waals surface area contributed by atoms with Crippen molar-refractivity contribution in [2.24, 2.45) is 4.99 Å². The Morgan fingerprint density at radius 1 is 1.21 bits per heavy atom. The number of allylic oxidation sites excluding steroid dienone is 1. The summed E-state index contributed by atoms with van der Waals surface area (Å²) in [6, 6.07) is 15.0. The quantitative estimate of drug-likeness (QED) is 0.550. The first kappa shape index (κ1) is 24.2. The second kappa shape index (κ2) is 9.61. The molecule has 2 aromatic rings. The van der Waals surface area contributed by atoms with E-state index < -0.39 is 17.6 Å². The molecule has 0 bridgehead atoms. The maximum Gasteiger partial charge on any atom is 0.408 e. The van der Waals surface area contributed by atoms with E-state index in [2.05, 4.69) is 30.7 Å². The molecule has 0 unspecified atom stereocenters. The predicted molar refractivity (Wildman–Crippen MR) is 130 cm³/mol. The zero-order valence-electron chi connectivity index (χ0n) is 20.0. The number of benzene rings is 2. The fraction of sp³-hybridized carbons (Fsp3) is 0.370. The van der Waals surface area contributed by atoms with Gasteiger partial charge in [0.05, 0.1) is 11.8 Å². The number of alkyl carbamates (subject to hydrolysis) is 1. The summed E-state index contributed by atoms with van der Waals surface area (Å²) in [4.78, 5) is 30.6. The fourth-order valence-corrected chi connectivity index (χ4v) is 3.88. The number of carbonyl (C=O) groups is 2. The molecule has 1 aliphatic rings. The van der Waals surface area contributed by atoms with Gasteiger partial charge >= 0.3 is 12.1 Å². The van der Waals surface area contributed by atoms with Crippen molar-refractivity contribution >= 4 is 23.5 Å². The highest BCUT2D eigenvalue weighted by Gasteiger charge is 2.41. The van der Waals surface area contributed by atoms with Crippen LogP contribution in [-0.2, 0) is 31.8 Å². The maximum atomic E-state index is 13.2. The number of nitrogens with zero attached hydrogens (tertiary/aromatic N) is 1. The Bertz CT molecular complexity index is 1070. The molecule has 0 spiro atoms. The summed E-state index contributed by atoms with van der Waals surface area (Å²) in [5.41, 5.74) is 2.55. The van der Waals surface area contributed by atoms with Gasteiger partial charge in [-0.1, -0.05) is 62.9 Å². The van der Waals surface area contributed by atoms with Gasteiger partial charge in [-0.05, 0) is 61.4 Å². The minimum Gasteiger partial charge on any atom is -0.461 e. The van der Waals surface area contributed by atoms with Gasteiger partial charge in [-0.25, -0.2) is 9.59 Å². The predicted octanol–water partition coefficient (Wildman–Crippen LogP) is 5.72. The van der Waals surface area contributed by atoms with E-state index in [9.17, 15) is 9.59 Å². The summed E-state index contributed by atoms with van der Waals surface area (Å²) in [5.74, 6) is -0.557. The van der Waals surface area contributed by atoms with Gasteiger partial charge in [-0.15, -0.1) is 0 Å². The van der Waals surface area contributed by atoms with Crippen LogP contribution in [0, 0.1) is 0 Å². The highest BCUT2D eigenvalue weighted by molar-refractivity contribution is 5.99. The summed E-state index contributed by atoms with van der Waals surface area (Å²) in [7, 11) is 0. The van der Waals surface area contributed by atoms with Crippen molar-refractivity contribution in [1.82, 2.24) is 5.32 Å². The van der Waals surface area contributed by atoms with E-state index in [-0.39, 0.29) is 18.1 Å². The molecule has 2 aromatic carbocycles. The molecule has 1 amide bonds. The number of fused-ring (bicyclic) bond motifs is 1. The summed E-state index contributed by atoms with van der Waals surface area (Å²) < 4.78 is 10.9. The average molecular weight is 449 g/mol. The van der Waals surface area contributed by atoms with E-state index >= 15 is 0 Å². The summed E-state index contributed by atoms with van der Waals surface area (Å²) in [6.45, 7) is 13.4. The van der Waals surface area contributed by atoms with E-state index in [1.165, 1.54) is 0 Å². The van der Waals surface area contributed by atoms with E-state index in [1.807, 2.05) is 42.5 Å². The van der Waals surface area contributed by atoms with Gasteiger partial charge in [0.25, 0.3) is 0 Å². The van der Waals surface area contributed by atoms with Gasteiger partial charge in [0.2, 0.25) is 0 Å². The van der Waals surface area contributed by atoms with Crippen LogP contribution >= 0.6 is 0 Å². The van der Waals surface area contributed by atoms with Crippen molar-refractivity contribution in [1.29, 1.82) is 0 Å². The lowest BCUT2D eigenvalue weighted by Gasteiger charge is -2.34. The smallest absolute Gasteiger partial charge is 0.408 e. The van der Waals surface area contributed by atoms with Crippen LogP contribution in [0.1, 0.15) is 57.7 Å². The highest BCUT2D eigenvalue weighted by atomic mass is 16.6. The van der Waals surface area contributed by atoms with Crippen LogP contribution in [0.15, 0.2) is 66.2 Å². The van der Waals surface area contributed by atoms with E-state index in [1.54, 1.807) is 32.9 Å². The lowest BCUT2D eigenvalue weighted by atomic mass is 9.75. The number of hydrogen-bond donors (Lipinski definition) is 1. The zero-order valence-corrected chi connectivity index (χ0v) is 20.0. The number of hydrogen-bond acceptors (Lipinski definition) is 5. The summed E-state index contributed by atoms with van der Waals surface area (Å²) >= 11 is 0. The first-order valence-electron chi connectivity index (χ1n) is 11.1. The number of esters is 1. The molecule has 1 N–H and O–H groups in total. The van der Waals surface area contributed by atoms with Crippen LogP contribution in [0.5, 0.6) is 0 Å². The molecular formula is C27H32N2O4. The number of ether oxygens (including phenoxy) is 2. The lowest BCUT2D eigenvalue weighted by Crippen LogP contribution is -2.51. The zero-order chi connectivity index (χ0) is 24.2. The molecule has 6 heteroatoms. The van der Waals surface area contributed by atoms with Gasteiger partial charge in [0, 0.05) is 5.71 Å². The van der Waals surface area contributed by atoms with Crippen LogP contribution in [0.2, 0.25) is 0 Å². The number of carbonyl (C=O) groups excluding carboxylic acids is 2. The largest absolute Gasteiger partial charge is 0.461 e. The third-order valence-electron chi connectivity index (χ3n) is 5.74. The van der Waals surface area contributed by atoms with Crippen molar-refractivity contribution in [2.75, 3.05) is 0 Å². The van der Waals surface area contributed by atoms with Crippen LogP contribution in [-0.4, -0.2) is 23.9 Å². The second-order valence-corrected chi connectivity index (χ2v) is 9.37. The Morgan fingerprint density at radius 3 is 2.55 bits per heavy atom. The molecule has 0 saturated carbocycles. The highest BCUT2D eigenvalue weighted by Crippen LogP contribution is 2.41. The maximum absolute atomic E-state index is 13.2. The minimum absolute atomic E-state index is 0.0955. The molecule has 0 aliphatic carbocycles. The third kappa shape index (κ3) is 5.51. The number of rotatable bonds is 7. The molecular weight excluding hydrogens is 416 g/mol. The van der Waals surface area contributed by atoms with Gasteiger partial charge in [-0.2, -0.15) is 0 Å².